The molecule has 2 heterocycles. The van der Waals surface area contributed by atoms with Crippen molar-refractivity contribution >= 4 is 0 Å². The summed E-state index contributed by atoms with van der Waals surface area (Å²) in [6.45, 7) is 2.73. The molecule has 0 spiro atoms. The summed E-state index contributed by atoms with van der Waals surface area (Å²) in [6.07, 6.45) is 0.104. The second-order valence-corrected chi connectivity index (χ2v) is 4.01. The van der Waals surface area contributed by atoms with Crippen LogP contribution in [0.4, 0.5) is 8.78 Å². The molecule has 2 aliphatic rings. The minimum atomic E-state index is -2.18. The summed E-state index contributed by atoms with van der Waals surface area (Å²) < 4.78 is 24.4. The molecular weight excluding hydrogens is 174 g/mol. The zero-order chi connectivity index (χ0) is 9.26. The van der Waals surface area contributed by atoms with Gasteiger partial charge in [-0.1, -0.05) is 0 Å². The molecule has 2 rings (SSSR count). The molecule has 0 radical (unpaired) electrons. The Morgan fingerprint density at radius 2 is 2.23 bits per heavy atom. The Bertz CT molecular complexity index is 175. The first-order chi connectivity index (χ1) is 6.27. The Morgan fingerprint density at radius 1 is 1.38 bits per heavy atom. The van der Waals surface area contributed by atoms with Crippen LogP contribution in [0.2, 0.25) is 0 Å². The van der Waals surface area contributed by atoms with Gasteiger partial charge in [0.05, 0.1) is 6.54 Å². The van der Waals surface area contributed by atoms with Crippen LogP contribution in [-0.4, -0.2) is 43.5 Å². The molecule has 0 saturated carbocycles. The maximum Gasteiger partial charge on any atom is 0.251 e. The van der Waals surface area contributed by atoms with Crippen molar-refractivity contribution in [3.05, 3.63) is 0 Å². The first kappa shape index (κ1) is 9.34. The topological polar surface area (TPSA) is 15.3 Å². The molecule has 0 bridgehead atoms. The molecule has 2 nitrogen and oxygen atoms in total. The van der Waals surface area contributed by atoms with E-state index >= 15 is 0 Å². The number of nitrogens with one attached hydrogen (secondary N) is 1. The fourth-order valence-corrected chi connectivity index (χ4v) is 2.57. The van der Waals surface area contributed by atoms with Crippen LogP contribution in [0.3, 0.4) is 0 Å². The average Bonchev–Trinajstić information content (AvgIpc) is 2.51. The third-order valence-corrected chi connectivity index (χ3v) is 3.17. The van der Waals surface area contributed by atoms with Crippen molar-refractivity contribution in [1.82, 2.24) is 10.2 Å². The van der Waals surface area contributed by atoms with Gasteiger partial charge in [-0.3, -0.25) is 4.90 Å². The zero-order valence-corrected chi connectivity index (χ0v) is 7.68. The van der Waals surface area contributed by atoms with Gasteiger partial charge in [-0.2, -0.15) is 0 Å². The number of likely N-dealkylation sites (tertiary alicyclic amines) is 1. The van der Waals surface area contributed by atoms with Crippen LogP contribution in [0.1, 0.15) is 12.8 Å². The summed E-state index contributed by atoms with van der Waals surface area (Å²) in [4.78, 5) is 1.96. The highest BCUT2D eigenvalue weighted by molar-refractivity contribution is 4.91. The molecule has 2 unspecified atom stereocenters. The number of nitrogens with zero attached hydrogens (tertiary/aromatic N) is 1. The maximum atomic E-state index is 12.2. The van der Waals surface area contributed by atoms with Crippen molar-refractivity contribution in [1.29, 1.82) is 0 Å². The molecule has 2 fully saturated rings. The van der Waals surface area contributed by atoms with Crippen molar-refractivity contribution in [3.8, 4) is 0 Å². The highest BCUT2D eigenvalue weighted by Gasteiger charge is 2.35. The molecule has 0 aromatic heterocycles. The van der Waals surface area contributed by atoms with Crippen molar-refractivity contribution in [2.75, 3.05) is 26.2 Å². The van der Waals surface area contributed by atoms with E-state index in [0.29, 0.717) is 12.0 Å². The van der Waals surface area contributed by atoms with E-state index in [0.717, 1.165) is 26.1 Å². The highest BCUT2D eigenvalue weighted by atomic mass is 19.3. The van der Waals surface area contributed by atoms with Crippen molar-refractivity contribution < 1.29 is 8.78 Å². The van der Waals surface area contributed by atoms with Gasteiger partial charge < -0.3 is 5.32 Å². The summed E-state index contributed by atoms with van der Waals surface area (Å²) in [5.74, 6) is 0.618. The Labute approximate surface area is 77.3 Å². The molecule has 13 heavy (non-hydrogen) atoms. The van der Waals surface area contributed by atoms with Crippen molar-refractivity contribution in [3.63, 3.8) is 0 Å². The normalized spacial score (nSPS) is 35.3. The van der Waals surface area contributed by atoms with Crippen LogP contribution in [0.25, 0.3) is 0 Å². The summed E-state index contributed by atoms with van der Waals surface area (Å²) >= 11 is 0. The fourth-order valence-electron chi connectivity index (χ4n) is 2.57. The van der Waals surface area contributed by atoms with E-state index in [9.17, 15) is 8.78 Å². The van der Waals surface area contributed by atoms with Crippen LogP contribution in [0.5, 0.6) is 0 Å². The number of rotatable bonds is 2. The van der Waals surface area contributed by atoms with Crippen LogP contribution in [0.15, 0.2) is 0 Å². The number of piperidine rings is 1. The number of fused-ring (bicyclic) bond motifs is 1. The smallest absolute Gasteiger partial charge is 0.251 e. The standard InChI is InChI=1S/C9H16F2N2/c10-9(11)6-13-3-1-2-7-4-12-5-8(7)13/h7-9,12H,1-6H2. The summed E-state index contributed by atoms with van der Waals surface area (Å²) in [6, 6.07) is 0.378. The molecule has 0 aliphatic carbocycles. The number of hydrogen-bond acceptors (Lipinski definition) is 2. The molecule has 2 aliphatic heterocycles. The Morgan fingerprint density at radius 3 is 3.00 bits per heavy atom. The highest BCUT2D eigenvalue weighted by Crippen LogP contribution is 2.26. The second kappa shape index (κ2) is 3.88. The van der Waals surface area contributed by atoms with E-state index in [-0.39, 0.29) is 6.54 Å². The lowest BCUT2D eigenvalue weighted by atomic mass is 9.92. The molecule has 0 amide bonds. The van der Waals surface area contributed by atoms with E-state index in [1.807, 2.05) is 4.90 Å². The summed E-state index contributed by atoms with van der Waals surface area (Å²) in [7, 11) is 0. The number of alkyl halides is 2. The van der Waals surface area contributed by atoms with Gasteiger partial charge in [-0.15, -0.1) is 0 Å². The lowest BCUT2D eigenvalue weighted by molar-refractivity contribution is 0.0410. The van der Waals surface area contributed by atoms with E-state index in [4.69, 9.17) is 0 Å². The van der Waals surface area contributed by atoms with Gasteiger partial charge in [0.15, 0.2) is 0 Å². The quantitative estimate of drug-likeness (QED) is 0.697. The molecule has 0 aromatic carbocycles. The SMILES string of the molecule is FC(F)CN1CCCC2CNCC21. The minimum absolute atomic E-state index is 0.0388. The van der Waals surface area contributed by atoms with E-state index in [1.54, 1.807) is 0 Å². The van der Waals surface area contributed by atoms with Gasteiger partial charge in [0.1, 0.15) is 0 Å². The van der Waals surface area contributed by atoms with Crippen LogP contribution < -0.4 is 5.32 Å². The Balaban J connectivity index is 1.93. The first-order valence-corrected chi connectivity index (χ1v) is 5.00. The largest absolute Gasteiger partial charge is 0.315 e. The van der Waals surface area contributed by atoms with Crippen molar-refractivity contribution in [2.45, 2.75) is 25.3 Å². The first-order valence-electron chi connectivity index (χ1n) is 5.00. The van der Waals surface area contributed by atoms with Crippen LogP contribution >= 0.6 is 0 Å². The number of halogens is 2. The molecule has 1 N–H and O–H groups in total. The van der Waals surface area contributed by atoms with Gasteiger partial charge >= 0.3 is 0 Å². The lowest BCUT2D eigenvalue weighted by Gasteiger charge is -2.36. The zero-order valence-electron chi connectivity index (χ0n) is 7.68. The molecule has 2 saturated heterocycles. The van der Waals surface area contributed by atoms with E-state index < -0.39 is 6.43 Å². The lowest BCUT2D eigenvalue weighted by Crippen LogP contribution is -2.46. The third-order valence-electron chi connectivity index (χ3n) is 3.17. The minimum Gasteiger partial charge on any atom is -0.315 e. The van der Waals surface area contributed by atoms with E-state index in [2.05, 4.69) is 5.32 Å². The third kappa shape index (κ3) is 1.99. The predicted molar refractivity (Wildman–Crippen MR) is 47.0 cm³/mol. The molecule has 0 aromatic rings. The van der Waals surface area contributed by atoms with Gasteiger partial charge in [-0.25, -0.2) is 8.78 Å². The predicted octanol–water partition coefficient (Wildman–Crippen LogP) is 0.935. The van der Waals surface area contributed by atoms with Crippen LogP contribution in [-0.2, 0) is 0 Å². The molecular formula is C9H16F2N2. The summed E-state index contributed by atoms with van der Waals surface area (Å²) in [5, 5.41) is 3.28. The van der Waals surface area contributed by atoms with Gasteiger partial charge in [0.25, 0.3) is 6.43 Å². The molecule has 76 valence electrons. The van der Waals surface area contributed by atoms with Crippen molar-refractivity contribution in [2.24, 2.45) is 5.92 Å². The monoisotopic (exact) mass is 190 g/mol. The average molecular weight is 190 g/mol. The Kier molecular flexibility index (Phi) is 2.79. The maximum absolute atomic E-state index is 12.2. The summed E-state index contributed by atoms with van der Waals surface area (Å²) in [5.41, 5.74) is 0. The molecule has 4 heteroatoms. The van der Waals surface area contributed by atoms with Crippen LogP contribution in [0, 0.1) is 5.92 Å². The van der Waals surface area contributed by atoms with Gasteiger partial charge in [0.2, 0.25) is 0 Å². The van der Waals surface area contributed by atoms with Gasteiger partial charge in [0, 0.05) is 12.6 Å². The molecule has 2 atom stereocenters. The second-order valence-electron chi connectivity index (χ2n) is 4.01. The van der Waals surface area contributed by atoms with E-state index in [1.165, 1.54) is 6.42 Å². The Hall–Kier alpha value is -0.220. The fraction of sp³-hybridized carbons (Fsp3) is 1.00. The number of hydrogen-bond donors (Lipinski definition) is 1. The van der Waals surface area contributed by atoms with Gasteiger partial charge in [-0.05, 0) is 31.8 Å².